The second kappa shape index (κ2) is 17.1. The average Bonchev–Trinajstić information content (AvgIpc) is 2.73. The van der Waals surface area contributed by atoms with Crippen molar-refractivity contribution in [3.8, 4) is 0 Å². The van der Waals surface area contributed by atoms with E-state index in [9.17, 15) is 0 Å². The first-order valence-electron chi connectivity index (χ1n) is 8.77. The maximum atomic E-state index is 5.49. The van der Waals surface area contributed by atoms with Gasteiger partial charge in [-0.15, -0.1) is 0 Å². The minimum absolute atomic E-state index is 0.260. The predicted octanol–water partition coefficient (Wildman–Crippen LogP) is 3.43. The van der Waals surface area contributed by atoms with Gasteiger partial charge in [0.1, 0.15) is 26.1 Å². The van der Waals surface area contributed by atoms with Crippen LogP contribution in [0.1, 0.15) is 0 Å². The van der Waals surface area contributed by atoms with Crippen LogP contribution in [0, 0.1) is 0 Å². The molecule has 172 valence electrons. The van der Waals surface area contributed by atoms with Crippen molar-refractivity contribution in [3.63, 3.8) is 0 Å². The van der Waals surface area contributed by atoms with Gasteiger partial charge in [-0.05, 0) is 11.6 Å². The van der Waals surface area contributed by atoms with Gasteiger partial charge in [0.2, 0.25) is 9.74 Å². The molecule has 0 aromatic heterocycles. The Labute approximate surface area is 195 Å². The topological polar surface area (TPSA) is 73.8 Å². The number of halogens is 5. The molecule has 3 saturated heterocycles. The molecule has 0 N–H and O–H groups in total. The number of hydrogen-bond acceptors (Lipinski definition) is 8. The Balaban J connectivity index is 0.000000194. The van der Waals surface area contributed by atoms with Crippen LogP contribution in [0.5, 0.6) is 0 Å². The summed E-state index contributed by atoms with van der Waals surface area (Å²) >= 11 is 27.3. The van der Waals surface area contributed by atoms with Gasteiger partial charge >= 0.3 is 0 Å². The van der Waals surface area contributed by atoms with Crippen molar-refractivity contribution in [1.82, 2.24) is 0 Å². The highest BCUT2D eigenvalue weighted by molar-refractivity contribution is 6.47. The van der Waals surface area contributed by atoms with Crippen LogP contribution in [-0.4, -0.2) is 88.3 Å². The molecular formula is C16H25Cl5O8. The molecular weight excluding hydrogens is 497 g/mol. The molecule has 0 bridgehead atoms. The van der Waals surface area contributed by atoms with Crippen molar-refractivity contribution in [2.75, 3.05) is 72.7 Å². The Hall–Kier alpha value is 0.550. The summed E-state index contributed by atoms with van der Waals surface area (Å²) < 4.78 is 37.9. The molecule has 0 spiro atoms. The van der Waals surface area contributed by atoms with E-state index >= 15 is 0 Å². The summed E-state index contributed by atoms with van der Waals surface area (Å²) in [6.07, 6.45) is 1.39. The molecule has 4 aliphatic rings. The van der Waals surface area contributed by atoms with Crippen LogP contribution in [0.4, 0.5) is 0 Å². The fraction of sp³-hybridized carbons (Fsp3) is 0.875. The Morgan fingerprint density at radius 3 is 1.52 bits per heavy atom. The molecule has 2 atom stereocenters. The molecule has 0 radical (unpaired) electrons. The Kier molecular flexibility index (Phi) is 16.3. The molecule has 0 aromatic carbocycles. The van der Waals surface area contributed by atoms with Crippen LogP contribution in [-0.2, 0) is 37.9 Å². The van der Waals surface area contributed by atoms with Crippen molar-refractivity contribution in [2.24, 2.45) is 0 Å². The van der Waals surface area contributed by atoms with Crippen LogP contribution >= 0.6 is 58.0 Å². The molecule has 0 aromatic rings. The summed E-state index contributed by atoms with van der Waals surface area (Å²) in [6.45, 7) is 6.69. The molecule has 0 amide bonds. The SMILES string of the molecule is C1COCCO1.ClC1(Cl)COCCO1.ClC1=COCCO1.ClC1OCCOC1Cl. The van der Waals surface area contributed by atoms with E-state index in [2.05, 4.69) is 0 Å². The van der Waals surface area contributed by atoms with E-state index in [-0.39, 0.29) is 6.61 Å². The summed E-state index contributed by atoms with van der Waals surface area (Å²) in [5.74, 6) is 0. The first-order valence-corrected chi connectivity index (χ1v) is 10.8. The van der Waals surface area contributed by atoms with Crippen LogP contribution in [0.25, 0.3) is 0 Å². The molecule has 0 saturated carbocycles. The number of ether oxygens (including phenoxy) is 8. The Morgan fingerprint density at radius 2 is 1.28 bits per heavy atom. The van der Waals surface area contributed by atoms with E-state index < -0.39 is 15.6 Å². The number of rotatable bonds is 0. The van der Waals surface area contributed by atoms with Crippen molar-refractivity contribution < 1.29 is 37.9 Å². The highest BCUT2D eigenvalue weighted by atomic mass is 35.5. The molecule has 4 rings (SSSR count). The predicted molar refractivity (Wildman–Crippen MR) is 110 cm³/mol. The van der Waals surface area contributed by atoms with Crippen molar-refractivity contribution in [3.05, 3.63) is 11.5 Å². The van der Waals surface area contributed by atoms with Gasteiger partial charge in [-0.25, -0.2) is 0 Å². The second-order valence-corrected chi connectivity index (χ2v) is 8.00. The zero-order valence-corrected chi connectivity index (χ0v) is 19.4. The minimum Gasteiger partial charge on any atom is -0.493 e. The quantitative estimate of drug-likeness (QED) is 0.448. The third-order valence-corrected chi connectivity index (χ3v) is 4.49. The first-order chi connectivity index (χ1) is 13.9. The molecule has 3 fully saturated rings. The van der Waals surface area contributed by atoms with E-state index in [1.54, 1.807) is 0 Å². The van der Waals surface area contributed by atoms with Crippen LogP contribution in [0.15, 0.2) is 11.5 Å². The van der Waals surface area contributed by atoms with Gasteiger partial charge in [0, 0.05) is 0 Å². The van der Waals surface area contributed by atoms with E-state index in [4.69, 9.17) is 95.9 Å². The van der Waals surface area contributed by atoms with Gasteiger partial charge in [0.05, 0.1) is 52.9 Å². The van der Waals surface area contributed by atoms with Gasteiger partial charge in [0.15, 0.2) is 11.1 Å². The lowest BCUT2D eigenvalue weighted by atomic mass is 10.6. The largest absolute Gasteiger partial charge is 0.493 e. The molecule has 0 aliphatic carbocycles. The van der Waals surface area contributed by atoms with Crippen LogP contribution < -0.4 is 0 Å². The molecule has 8 nitrogen and oxygen atoms in total. The number of alkyl halides is 4. The standard InChI is InChI=1S/2C4H6Cl2O2.C4H5ClO2.C4H8O2/c5-4(6)3-7-1-2-8-4;5-3-4(6)8-2-1-7-3;5-4-3-6-1-2-7-4;1-2-6-4-3-5-1/h1-3H2;3-4H,1-2H2;3H,1-2H2;1-4H2. The van der Waals surface area contributed by atoms with Gasteiger partial charge in [-0.1, -0.05) is 46.4 Å². The summed E-state index contributed by atoms with van der Waals surface area (Å²) in [4.78, 5) is 0. The van der Waals surface area contributed by atoms with E-state index in [0.717, 1.165) is 26.4 Å². The maximum absolute atomic E-state index is 5.49. The van der Waals surface area contributed by atoms with E-state index in [0.29, 0.717) is 44.9 Å². The molecule has 4 aliphatic heterocycles. The monoisotopic (exact) mass is 520 g/mol. The number of hydrogen-bond donors (Lipinski definition) is 0. The molecule has 13 heteroatoms. The first kappa shape index (κ1) is 27.6. The lowest BCUT2D eigenvalue weighted by molar-refractivity contribution is -0.0732. The summed E-state index contributed by atoms with van der Waals surface area (Å²) in [5, 5.41) is 0.339. The van der Waals surface area contributed by atoms with Gasteiger partial charge in [0.25, 0.3) is 0 Å². The third kappa shape index (κ3) is 15.9. The lowest BCUT2D eigenvalue weighted by Crippen LogP contribution is -2.32. The molecule has 29 heavy (non-hydrogen) atoms. The fourth-order valence-corrected chi connectivity index (χ4v) is 2.51. The highest BCUT2D eigenvalue weighted by Crippen LogP contribution is 2.24. The summed E-state index contributed by atoms with van der Waals surface area (Å²) in [6, 6.07) is 0. The zero-order valence-electron chi connectivity index (χ0n) is 15.7. The van der Waals surface area contributed by atoms with Gasteiger partial charge < -0.3 is 37.9 Å². The van der Waals surface area contributed by atoms with Gasteiger partial charge in [-0.3, -0.25) is 0 Å². The maximum Gasteiger partial charge on any atom is 0.241 e. The van der Waals surface area contributed by atoms with Crippen LogP contribution in [0.3, 0.4) is 0 Å². The molecule has 4 heterocycles. The highest BCUT2D eigenvalue weighted by Gasteiger charge is 2.27. The zero-order chi connectivity index (χ0) is 21.4. The van der Waals surface area contributed by atoms with Crippen molar-refractivity contribution in [2.45, 2.75) is 15.6 Å². The van der Waals surface area contributed by atoms with E-state index in [1.165, 1.54) is 6.26 Å². The Bertz CT molecular complexity index is 410. The third-order valence-electron chi connectivity index (χ3n) is 3.02. The van der Waals surface area contributed by atoms with Crippen molar-refractivity contribution in [1.29, 1.82) is 0 Å². The average molecular weight is 523 g/mol. The Morgan fingerprint density at radius 1 is 0.724 bits per heavy atom. The minimum atomic E-state index is -1.10. The summed E-state index contributed by atoms with van der Waals surface area (Å²) in [7, 11) is 0. The van der Waals surface area contributed by atoms with Gasteiger partial charge in [-0.2, -0.15) is 0 Å². The van der Waals surface area contributed by atoms with Crippen LogP contribution in [0.2, 0.25) is 0 Å². The second-order valence-electron chi connectivity index (χ2n) is 5.35. The normalized spacial score (nSPS) is 28.2. The van der Waals surface area contributed by atoms with Crippen molar-refractivity contribution >= 4 is 58.0 Å². The molecule has 2 unspecified atom stereocenters. The lowest BCUT2D eigenvalue weighted by Gasteiger charge is -2.24. The fourth-order valence-electron chi connectivity index (χ4n) is 1.74. The summed E-state index contributed by atoms with van der Waals surface area (Å²) in [5.41, 5.74) is -0.962. The smallest absolute Gasteiger partial charge is 0.241 e. The van der Waals surface area contributed by atoms with E-state index in [1.807, 2.05) is 0 Å².